The second-order valence-corrected chi connectivity index (χ2v) is 6.99. The molecule has 1 heterocycles. The topological polar surface area (TPSA) is 89.6 Å². The van der Waals surface area contributed by atoms with Gasteiger partial charge in [0.25, 0.3) is 5.91 Å². The molecule has 0 spiro atoms. The maximum Gasteiger partial charge on any atom is 0.265 e. The van der Waals surface area contributed by atoms with Crippen LogP contribution in [0.1, 0.15) is 22.8 Å². The average Bonchev–Trinajstić information content (AvgIpc) is 3.20. The highest BCUT2D eigenvalue weighted by Crippen LogP contribution is 2.30. The second kappa shape index (κ2) is 9.20. The Morgan fingerprint density at radius 2 is 1.69 bits per heavy atom. The molecule has 0 aliphatic carbocycles. The molecule has 150 valence electrons. The summed E-state index contributed by atoms with van der Waals surface area (Å²) in [6.07, 6.45) is 0. The largest absolute Gasteiger partial charge is 0.496 e. The summed E-state index contributed by atoms with van der Waals surface area (Å²) >= 11 is 1.33. The normalized spacial score (nSPS) is 10.3. The quantitative estimate of drug-likeness (QED) is 0.619. The van der Waals surface area contributed by atoms with E-state index in [4.69, 9.17) is 9.47 Å². The van der Waals surface area contributed by atoms with Gasteiger partial charge >= 0.3 is 0 Å². The molecule has 3 rings (SSSR count). The monoisotopic (exact) mass is 411 g/mol. The summed E-state index contributed by atoms with van der Waals surface area (Å²) in [5, 5.41) is 7.91. The van der Waals surface area contributed by atoms with Gasteiger partial charge in [-0.2, -0.15) is 0 Å². The van der Waals surface area contributed by atoms with E-state index in [1.54, 1.807) is 18.2 Å². The van der Waals surface area contributed by atoms with Crippen molar-refractivity contribution in [1.82, 2.24) is 10.3 Å². The third kappa shape index (κ3) is 4.91. The van der Waals surface area contributed by atoms with Gasteiger partial charge in [0.2, 0.25) is 5.91 Å². The molecule has 0 fully saturated rings. The summed E-state index contributed by atoms with van der Waals surface area (Å²) in [6, 6.07) is 12.9. The number of rotatable bonds is 7. The van der Waals surface area contributed by atoms with Crippen LogP contribution in [0.25, 0.3) is 11.3 Å². The summed E-state index contributed by atoms with van der Waals surface area (Å²) in [4.78, 5) is 28.3. The number of nitrogens with zero attached hydrogens (tertiary/aromatic N) is 1. The van der Waals surface area contributed by atoms with E-state index in [9.17, 15) is 9.59 Å². The Balaban J connectivity index is 1.74. The predicted molar refractivity (Wildman–Crippen MR) is 113 cm³/mol. The van der Waals surface area contributed by atoms with Crippen molar-refractivity contribution in [2.24, 2.45) is 0 Å². The maximum absolute atomic E-state index is 12.8. The third-order valence-corrected chi connectivity index (χ3v) is 4.93. The van der Waals surface area contributed by atoms with Crippen LogP contribution in [-0.4, -0.2) is 31.0 Å². The van der Waals surface area contributed by atoms with Crippen molar-refractivity contribution in [2.75, 3.05) is 19.5 Å². The average molecular weight is 411 g/mol. The second-order valence-electron chi connectivity index (χ2n) is 6.14. The number of carbonyl (C=O) groups is 2. The maximum atomic E-state index is 12.8. The van der Waals surface area contributed by atoms with Gasteiger partial charge in [0.15, 0.2) is 5.13 Å². The van der Waals surface area contributed by atoms with Gasteiger partial charge in [-0.1, -0.05) is 30.3 Å². The van der Waals surface area contributed by atoms with Crippen molar-refractivity contribution in [1.29, 1.82) is 0 Å². The predicted octanol–water partition coefficient (Wildman–Crippen LogP) is 3.72. The van der Waals surface area contributed by atoms with Crippen molar-refractivity contribution >= 4 is 28.3 Å². The van der Waals surface area contributed by atoms with Crippen LogP contribution in [0.3, 0.4) is 0 Å². The first-order chi connectivity index (χ1) is 14.0. The Bertz CT molecular complexity index is 993. The molecule has 0 aliphatic rings. The molecule has 2 N–H and O–H groups in total. The Morgan fingerprint density at radius 3 is 2.28 bits per heavy atom. The van der Waals surface area contributed by atoms with E-state index in [0.717, 1.165) is 16.8 Å². The third-order valence-electron chi connectivity index (χ3n) is 4.17. The van der Waals surface area contributed by atoms with Crippen molar-refractivity contribution in [2.45, 2.75) is 13.5 Å². The minimum absolute atomic E-state index is 0.0689. The highest BCUT2D eigenvalue weighted by atomic mass is 32.1. The molecule has 0 bridgehead atoms. The van der Waals surface area contributed by atoms with E-state index in [1.807, 2.05) is 29.6 Å². The Hall–Kier alpha value is -3.39. The number of anilines is 1. The lowest BCUT2D eigenvalue weighted by atomic mass is 10.1. The number of amides is 2. The summed E-state index contributed by atoms with van der Waals surface area (Å²) in [5.41, 5.74) is 2.99. The van der Waals surface area contributed by atoms with Crippen LogP contribution in [0, 0.1) is 0 Å². The zero-order chi connectivity index (χ0) is 20.8. The van der Waals surface area contributed by atoms with Crippen LogP contribution in [0.5, 0.6) is 11.5 Å². The number of carbonyl (C=O) groups excluding carboxylic acids is 2. The molecule has 2 aromatic carbocycles. The first-order valence-corrected chi connectivity index (χ1v) is 9.71. The van der Waals surface area contributed by atoms with Gasteiger partial charge in [0, 0.05) is 24.4 Å². The molecule has 0 saturated carbocycles. The lowest BCUT2D eigenvalue weighted by Crippen LogP contribution is -2.18. The molecular formula is C21H21N3O4S. The minimum Gasteiger partial charge on any atom is -0.496 e. The summed E-state index contributed by atoms with van der Waals surface area (Å²) in [5.74, 6) is 0.424. The van der Waals surface area contributed by atoms with E-state index in [0.29, 0.717) is 28.7 Å². The molecule has 3 aromatic rings. The fourth-order valence-corrected chi connectivity index (χ4v) is 3.43. The number of thiazole rings is 1. The SMILES string of the molecule is COc1cccc(OC)c1C(=O)Nc1nc(-c2ccc(CNC(C)=O)cc2)cs1. The lowest BCUT2D eigenvalue weighted by Gasteiger charge is -2.11. The fraction of sp³-hybridized carbons (Fsp3) is 0.190. The van der Waals surface area contributed by atoms with E-state index in [2.05, 4.69) is 15.6 Å². The van der Waals surface area contributed by atoms with E-state index in [-0.39, 0.29) is 11.8 Å². The van der Waals surface area contributed by atoms with Gasteiger partial charge in [0.05, 0.1) is 19.9 Å². The van der Waals surface area contributed by atoms with Crippen LogP contribution in [-0.2, 0) is 11.3 Å². The zero-order valence-corrected chi connectivity index (χ0v) is 17.1. The minimum atomic E-state index is -0.356. The van der Waals surface area contributed by atoms with Crippen molar-refractivity contribution in [3.05, 3.63) is 59.0 Å². The number of hydrogen-bond acceptors (Lipinski definition) is 6. The van der Waals surface area contributed by atoms with Crippen LogP contribution in [0.2, 0.25) is 0 Å². The van der Waals surface area contributed by atoms with Gasteiger partial charge in [-0.15, -0.1) is 11.3 Å². The molecule has 0 aliphatic heterocycles. The highest BCUT2D eigenvalue weighted by molar-refractivity contribution is 7.14. The van der Waals surface area contributed by atoms with Crippen molar-refractivity contribution < 1.29 is 19.1 Å². The molecular weight excluding hydrogens is 390 g/mol. The first kappa shape index (κ1) is 20.3. The molecule has 0 atom stereocenters. The highest BCUT2D eigenvalue weighted by Gasteiger charge is 2.19. The number of ether oxygens (including phenoxy) is 2. The lowest BCUT2D eigenvalue weighted by molar-refractivity contribution is -0.119. The van der Waals surface area contributed by atoms with Gasteiger partial charge in [0.1, 0.15) is 17.1 Å². The molecule has 0 unspecified atom stereocenters. The Kier molecular flexibility index (Phi) is 6.46. The van der Waals surface area contributed by atoms with Crippen molar-refractivity contribution in [3.8, 4) is 22.8 Å². The first-order valence-electron chi connectivity index (χ1n) is 8.83. The standard InChI is InChI=1S/C21H21N3O4S/c1-13(25)22-11-14-7-9-15(10-8-14)16-12-29-21(23-16)24-20(26)19-17(27-2)5-4-6-18(19)28-3/h4-10,12H,11H2,1-3H3,(H,22,25)(H,23,24,26). The Morgan fingerprint density at radius 1 is 1.03 bits per heavy atom. The molecule has 0 saturated heterocycles. The molecule has 0 radical (unpaired) electrons. The van der Waals surface area contributed by atoms with Gasteiger partial charge in [-0.25, -0.2) is 4.98 Å². The number of benzene rings is 2. The zero-order valence-electron chi connectivity index (χ0n) is 16.3. The van der Waals surface area contributed by atoms with Crippen LogP contribution >= 0.6 is 11.3 Å². The van der Waals surface area contributed by atoms with Crippen LogP contribution in [0.4, 0.5) is 5.13 Å². The molecule has 2 amide bonds. The van der Waals surface area contributed by atoms with Gasteiger partial charge < -0.3 is 14.8 Å². The number of methoxy groups -OCH3 is 2. The Labute approximate surface area is 172 Å². The molecule has 29 heavy (non-hydrogen) atoms. The molecule has 1 aromatic heterocycles. The summed E-state index contributed by atoms with van der Waals surface area (Å²) < 4.78 is 10.6. The smallest absolute Gasteiger partial charge is 0.265 e. The fourth-order valence-electron chi connectivity index (χ4n) is 2.72. The van der Waals surface area contributed by atoms with Gasteiger partial charge in [-0.3, -0.25) is 14.9 Å². The summed E-state index contributed by atoms with van der Waals surface area (Å²) in [7, 11) is 3.01. The van der Waals surface area contributed by atoms with E-state index >= 15 is 0 Å². The van der Waals surface area contributed by atoms with Crippen LogP contribution < -0.4 is 20.1 Å². The van der Waals surface area contributed by atoms with E-state index in [1.165, 1.54) is 32.5 Å². The number of nitrogens with one attached hydrogen (secondary N) is 2. The molecule has 7 nitrogen and oxygen atoms in total. The number of aromatic nitrogens is 1. The van der Waals surface area contributed by atoms with Crippen LogP contribution in [0.15, 0.2) is 47.8 Å². The van der Waals surface area contributed by atoms with Gasteiger partial charge in [-0.05, 0) is 17.7 Å². The summed E-state index contributed by atoms with van der Waals surface area (Å²) in [6.45, 7) is 1.97. The van der Waals surface area contributed by atoms with Crippen molar-refractivity contribution in [3.63, 3.8) is 0 Å². The van der Waals surface area contributed by atoms with E-state index < -0.39 is 0 Å². The molecule has 8 heteroatoms. The number of hydrogen-bond donors (Lipinski definition) is 2.